The molecule has 8 aromatic rings. The molecule has 0 saturated carbocycles. The third-order valence-electron chi connectivity index (χ3n) is 13.7. The molecule has 1 spiro atoms. The van der Waals surface area contributed by atoms with Gasteiger partial charge in [-0.05, 0) is 106 Å². The highest BCUT2D eigenvalue weighted by Gasteiger charge is 2.57. The van der Waals surface area contributed by atoms with E-state index in [1.807, 2.05) is 0 Å². The van der Waals surface area contributed by atoms with Crippen molar-refractivity contribution in [3.05, 3.63) is 204 Å². The summed E-state index contributed by atoms with van der Waals surface area (Å²) in [7, 11) is -4.08. The van der Waals surface area contributed by atoms with Crippen molar-refractivity contribution >= 4 is 43.2 Å². The fourth-order valence-corrected chi connectivity index (χ4v) is 16.2. The molecular formula is C54H42N2OS. The van der Waals surface area contributed by atoms with Crippen LogP contribution in [0.4, 0.5) is 34.1 Å². The quantitative estimate of drug-likeness (QED) is 0.175. The third kappa shape index (κ3) is 3.87. The second kappa shape index (κ2) is 11.1. The van der Waals surface area contributed by atoms with E-state index >= 15 is 4.21 Å². The van der Waals surface area contributed by atoms with Crippen molar-refractivity contribution in [1.82, 2.24) is 0 Å². The number of para-hydroxylation sites is 4. The fourth-order valence-electron chi connectivity index (χ4n) is 11.1. The minimum atomic E-state index is -4.08. The molecule has 0 unspecified atom stereocenters. The number of benzene rings is 8. The highest BCUT2D eigenvalue weighted by atomic mass is 32.3. The van der Waals surface area contributed by atoms with E-state index in [0.29, 0.717) is 0 Å². The zero-order valence-electron chi connectivity index (χ0n) is 33.0. The Bertz CT molecular complexity index is 2860. The van der Waals surface area contributed by atoms with Crippen LogP contribution >= 0.6 is 0 Å². The second-order valence-corrected chi connectivity index (χ2v) is 20.9. The average Bonchev–Trinajstić information content (AvgIpc) is 3.64. The smallest absolute Gasteiger partial charge is 0.0502 e. The zero-order chi connectivity index (χ0) is 39.2. The third-order valence-corrected chi connectivity index (χ3v) is 18.5. The minimum Gasteiger partial charge on any atom is -0.310 e. The van der Waals surface area contributed by atoms with Gasteiger partial charge in [-0.25, -0.2) is 0 Å². The molecule has 280 valence electrons. The molecule has 0 aliphatic carbocycles. The second-order valence-electron chi connectivity index (χ2n) is 17.3. The summed E-state index contributed by atoms with van der Waals surface area (Å²) in [5, 5.41) is 0. The van der Waals surface area contributed by atoms with Crippen molar-refractivity contribution < 1.29 is 4.21 Å². The van der Waals surface area contributed by atoms with Gasteiger partial charge in [-0.1, -0.05) is 137 Å². The molecule has 0 N–H and O–H groups in total. The Labute approximate surface area is 340 Å². The van der Waals surface area contributed by atoms with Crippen LogP contribution in [0.25, 0.3) is 22.3 Å². The minimum absolute atomic E-state index is 0.160. The topological polar surface area (TPSA) is 23.6 Å². The van der Waals surface area contributed by atoms with Crippen LogP contribution in [0.15, 0.2) is 202 Å². The number of anilines is 6. The fraction of sp³-hybridized carbons (Fsp3) is 0.111. The van der Waals surface area contributed by atoms with Gasteiger partial charge >= 0.3 is 0 Å². The first kappa shape index (κ1) is 33.6. The summed E-state index contributed by atoms with van der Waals surface area (Å²) >= 11 is 0. The average molecular weight is 767 g/mol. The summed E-state index contributed by atoms with van der Waals surface area (Å²) in [6, 6.07) is 65.3. The van der Waals surface area contributed by atoms with Crippen LogP contribution < -0.4 is 9.80 Å². The molecule has 0 radical (unpaired) electrons. The summed E-state index contributed by atoms with van der Waals surface area (Å²) in [5.74, 6) is 0. The molecule has 0 saturated heterocycles. The molecule has 8 aromatic carbocycles. The van der Waals surface area contributed by atoms with Gasteiger partial charge in [-0.15, -0.1) is 0 Å². The van der Waals surface area contributed by atoms with E-state index in [4.69, 9.17) is 0 Å². The Morgan fingerprint density at radius 1 is 0.345 bits per heavy atom. The summed E-state index contributed by atoms with van der Waals surface area (Å²) in [6.45, 7) is 9.28. The lowest BCUT2D eigenvalue weighted by Crippen LogP contribution is -2.31. The van der Waals surface area contributed by atoms with Crippen molar-refractivity contribution in [3.63, 3.8) is 0 Å². The van der Waals surface area contributed by atoms with E-state index in [1.54, 1.807) is 0 Å². The standard InChI is InChI=1S/C54H42N2OS/c1-53(2)41-19-7-11-23-45(41)55(46-24-12-8-20-42(46)53)35-29-31-51-39(33-35)37-17-5-15-27-49(37)58(51,57)50-28-16-6-18-38(50)40-34-36(30-32-52(40)58)56-47-25-13-9-21-43(47)54(3,4)44-22-10-14-26-48(44)56/h5-34H,1-4H3. The first-order chi connectivity index (χ1) is 28.1. The SMILES string of the molecule is CC1(C)c2ccccc2N(c2ccc3c(c2)-c2ccccc2S32(=O)c3ccccc3-c3cc(N4c5ccccc5C(C)(C)c5ccccc54)ccc32)c2ccccc21. The van der Waals surface area contributed by atoms with E-state index in [-0.39, 0.29) is 10.8 Å². The lowest BCUT2D eigenvalue weighted by atomic mass is 9.73. The Morgan fingerprint density at radius 2 is 0.638 bits per heavy atom. The number of hydrogen-bond donors (Lipinski definition) is 0. The Morgan fingerprint density at radius 3 is 1.00 bits per heavy atom. The van der Waals surface area contributed by atoms with Gasteiger partial charge in [-0.3, -0.25) is 4.21 Å². The van der Waals surface area contributed by atoms with Crippen LogP contribution in [0.1, 0.15) is 49.9 Å². The number of rotatable bonds is 2. The van der Waals surface area contributed by atoms with Crippen molar-refractivity contribution in [3.8, 4) is 22.3 Å². The Balaban J connectivity index is 1.10. The van der Waals surface area contributed by atoms with Gasteiger partial charge < -0.3 is 9.80 Å². The summed E-state index contributed by atoms with van der Waals surface area (Å²) in [6.07, 6.45) is 0. The van der Waals surface area contributed by atoms with Gasteiger partial charge in [0.15, 0.2) is 0 Å². The van der Waals surface area contributed by atoms with E-state index < -0.39 is 9.07 Å². The normalized spacial score (nSPS) is 18.0. The van der Waals surface area contributed by atoms with E-state index in [9.17, 15) is 0 Å². The van der Waals surface area contributed by atoms with Crippen LogP contribution in [0, 0.1) is 0 Å². The van der Waals surface area contributed by atoms with Gasteiger partial charge in [0.2, 0.25) is 0 Å². The summed E-state index contributed by atoms with van der Waals surface area (Å²) in [4.78, 5) is 8.35. The number of fused-ring (bicyclic) bond motifs is 14. The largest absolute Gasteiger partial charge is 0.310 e. The van der Waals surface area contributed by atoms with Crippen LogP contribution in [0.3, 0.4) is 0 Å². The zero-order valence-corrected chi connectivity index (χ0v) is 33.8. The summed E-state index contributed by atoms with van der Waals surface area (Å²) in [5.41, 5.74) is 15.7. The molecule has 4 heterocycles. The predicted octanol–water partition coefficient (Wildman–Crippen LogP) is 14.2. The van der Waals surface area contributed by atoms with E-state index in [0.717, 1.165) is 53.2 Å². The molecule has 4 heteroatoms. The van der Waals surface area contributed by atoms with Crippen molar-refractivity contribution in [2.75, 3.05) is 9.80 Å². The van der Waals surface area contributed by atoms with Crippen molar-refractivity contribution in [2.24, 2.45) is 0 Å². The monoisotopic (exact) mass is 766 g/mol. The van der Waals surface area contributed by atoms with Gasteiger partial charge in [0.05, 0.1) is 22.7 Å². The van der Waals surface area contributed by atoms with E-state index in [2.05, 4.69) is 219 Å². The highest BCUT2D eigenvalue weighted by molar-refractivity contribution is 8.21. The summed E-state index contributed by atoms with van der Waals surface area (Å²) < 4.78 is 17.6. The first-order valence-electron chi connectivity index (χ1n) is 20.3. The molecule has 4 aliphatic heterocycles. The maximum Gasteiger partial charge on any atom is 0.0502 e. The van der Waals surface area contributed by atoms with Crippen LogP contribution in [-0.2, 0) is 19.9 Å². The Hall–Kier alpha value is -6.49. The van der Waals surface area contributed by atoms with Crippen molar-refractivity contribution in [1.29, 1.82) is 0 Å². The lowest BCUT2D eigenvalue weighted by Gasteiger charge is -2.42. The van der Waals surface area contributed by atoms with Crippen LogP contribution in [0.2, 0.25) is 0 Å². The molecule has 0 aromatic heterocycles. The molecule has 0 bridgehead atoms. The van der Waals surface area contributed by atoms with Crippen LogP contribution in [0.5, 0.6) is 0 Å². The molecule has 58 heavy (non-hydrogen) atoms. The van der Waals surface area contributed by atoms with E-state index in [1.165, 1.54) is 45.0 Å². The Kier molecular flexibility index (Phi) is 6.45. The molecule has 0 fully saturated rings. The van der Waals surface area contributed by atoms with Gasteiger partial charge in [0.1, 0.15) is 0 Å². The predicted molar refractivity (Wildman–Crippen MR) is 239 cm³/mol. The van der Waals surface area contributed by atoms with Gasteiger partial charge in [0.25, 0.3) is 0 Å². The van der Waals surface area contributed by atoms with Crippen LogP contribution in [-0.4, -0.2) is 4.21 Å². The molecule has 12 rings (SSSR count). The van der Waals surface area contributed by atoms with Gasteiger partial charge in [0, 0.05) is 62.0 Å². The maximum atomic E-state index is 17.6. The molecule has 4 aliphatic rings. The molecule has 0 amide bonds. The molecular weight excluding hydrogens is 725 g/mol. The van der Waals surface area contributed by atoms with Crippen molar-refractivity contribution in [2.45, 2.75) is 58.1 Å². The highest BCUT2D eigenvalue weighted by Crippen LogP contribution is 2.72. The molecule has 0 atom stereocenters. The lowest BCUT2D eigenvalue weighted by molar-refractivity contribution is 0.631. The van der Waals surface area contributed by atoms with Gasteiger partial charge in [-0.2, -0.15) is 0 Å². The number of nitrogens with zero attached hydrogens (tertiary/aromatic N) is 2. The maximum absolute atomic E-state index is 17.6. The number of hydrogen-bond acceptors (Lipinski definition) is 3. The first-order valence-corrected chi connectivity index (χ1v) is 22.2. The molecule has 3 nitrogen and oxygen atoms in total.